The van der Waals surface area contributed by atoms with E-state index in [0.29, 0.717) is 33.6 Å². The van der Waals surface area contributed by atoms with Crippen LogP contribution in [0.1, 0.15) is 58.7 Å². The normalized spacial score (nSPS) is 13.5. The summed E-state index contributed by atoms with van der Waals surface area (Å²) in [5.74, 6) is -2.00. The Morgan fingerprint density at radius 1 is 0.970 bits per heavy atom. The fourth-order valence-corrected chi connectivity index (χ4v) is 8.07. The lowest BCUT2D eigenvalue weighted by molar-refractivity contribution is -0.141. The maximum atomic E-state index is 16.0. The predicted molar refractivity (Wildman–Crippen MR) is 226 cm³/mol. The lowest BCUT2D eigenvalue weighted by Crippen LogP contribution is -2.58. The van der Waals surface area contributed by atoms with Crippen molar-refractivity contribution in [1.29, 1.82) is 5.26 Å². The minimum atomic E-state index is -4.84. The highest BCUT2D eigenvalue weighted by Gasteiger charge is 2.40. The van der Waals surface area contributed by atoms with Crippen molar-refractivity contribution >= 4 is 22.8 Å². The molecule has 1 unspecified atom stereocenters. The first-order valence-corrected chi connectivity index (χ1v) is 20.3. The van der Waals surface area contributed by atoms with Crippen molar-refractivity contribution in [3.63, 3.8) is 0 Å². The van der Waals surface area contributed by atoms with Crippen LogP contribution in [0.3, 0.4) is 0 Å². The van der Waals surface area contributed by atoms with Crippen molar-refractivity contribution in [2.75, 3.05) is 13.7 Å². The number of carbonyl (C=O) groups excluding carboxylic acids is 2. The first-order chi connectivity index (χ1) is 31.3. The Balaban J connectivity index is 1.12. The molecule has 1 N–H and O–H groups in total. The molecule has 7 aromatic rings. The zero-order valence-corrected chi connectivity index (χ0v) is 35.6. The molecular weight excluding hydrogens is 873 g/mol. The molecule has 2 amide bonds. The summed E-state index contributed by atoms with van der Waals surface area (Å²) >= 11 is 0. The Kier molecular flexibility index (Phi) is 11.8. The lowest BCUT2D eigenvalue weighted by atomic mass is 9.89. The molecule has 66 heavy (non-hydrogen) atoms. The number of benzene rings is 2. The number of aromatic nitrogens is 8. The van der Waals surface area contributed by atoms with Gasteiger partial charge in [-0.25, -0.2) is 14.1 Å². The molecule has 1 aliphatic rings. The van der Waals surface area contributed by atoms with Crippen molar-refractivity contribution in [2.45, 2.75) is 64.1 Å². The van der Waals surface area contributed by atoms with Crippen molar-refractivity contribution in [1.82, 2.24) is 49.1 Å². The van der Waals surface area contributed by atoms with E-state index < -0.39 is 58.8 Å². The number of methoxy groups -OCH3 is 1. The lowest BCUT2D eigenvalue weighted by Gasteiger charge is -2.37. The van der Waals surface area contributed by atoms with Crippen LogP contribution < -0.4 is 15.6 Å². The van der Waals surface area contributed by atoms with Crippen LogP contribution in [0.4, 0.5) is 26.3 Å². The number of aryl methyl sites for hydroxylation is 1. The Morgan fingerprint density at radius 2 is 1.73 bits per heavy atom. The summed E-state index contributed by atoms with van der Waals surface area (Å²) in [5.41, 5.74) is -0.378. The Morgan fingerprint density at radius 3 is 2.39 bits per heavy atom. The van der Waals surface area contributed by atoms with Crippen LogP contribution in [0.25, 0.3) is 33.5 Å². The number of pyridine rings is 2. The van der Waals surface area contributed by atoms with E-state index in [1.165, 1.54) is 56.1 Å². The van der Waals surface area contributed by atoms with Gasteiger partial charge < -0.3 is 19.5 Å². The molecule has 0 saturated heterocycles. The number of nitriles is 1. The largest absolute Gasteiger partial charge is 0.497 e. The van der Waals surface area contributed by atoms with Gasteiger partial charge in [-0.15, -0.1) is 0 Å². The second-order valence-electron chi connectivity index (χ2n) is 16.4. The molecule has 15 nitrogen and oxygen atoms in total. The van der Waals surface area contributed by atoms with Gasteiger partial charge in [-0.05, 0) is 79.4 Å². The van der Waals surface area contributed by atoms with E-state index >= 15 is 4.39 Å². The van der Waals surface area contributed by atoms with Gasteiger partial charge in [-0.2, -0.15) is 42.5 Å². The quantitative estimate of drug-likeness (QED) is 0.126. The van der Waals surface area contributed by atoms with Crippen molar-refractivity contribution < 1.29 is 40.7 Å². The third-order valence-electron chi connectivity index (χ3n) is 11.3. The standard InChI is InChI=1S/C45H39F6N11O4/c1-44(2,24-62-34(17-37(57-62)45(49,50)51)27-7-12-38(63)58(3)23-27)56-41(64)36(15-26-19-53-61(22-26)43(47)48)59-14-13-30-31(10-11-32(46)39(30)42(59)65)40-28(18-52)16-35-33(55-40)20-54-60(35)21-25-5-8-29(66-4)9-6-25/h5-12,16-17,19-20,22-23,36,43H,13-15,21,24H2,1-4H3,(H,56,64). The Bertz CT molecular complexity index is 3110. The van der Waals surface area contributed by atoms with Crippen molar-refractivity contribution in [3.8, 4) is 34.3 Å². The first kappa shape index (κ1) is 44.8. The van der Waals surface area contributed by atoms with Gasteiger partial charge in [0.1, 0.15) is 29.2 Å². The molecule has 6 heterocycles. The summed E-state index contributed by atoms with van der Waals surface area (Å²) < 4.78 is 94.8. The molecule has 340 valence electrons. The van der Waals surface area contributed by atoms with Gasteiger partial charge in [-0.3, -0.25) is 23.7 Å². The Hall–Kier alpha value is -7.76. The fourth-order valence-electron chi connectivity index (χ4n) is 8.07. The van der Waals surface area contributed by atoms with Gasteiger partial charge in [0.15, 0.2) is 5.69 Å². The van der Waals surface area contributed by atoms with Crippen LogP contribution in [0.2, 0.25) is 0 Å². The highest BCUT2D eigenvalue weighted by molar-refractivity contribution is 6.02. The summed E-state index contributed by atoms with van der Waals surface area (Å²) in [5, 5.41) is 25.1. The number of ether oxygens (including phenoxy) is 1. The van der Waals surface area contributed by atoms with Crippen molar-refractivity contribution in [3.05, 3.63) is 135 Å². The first-order valence-electron chi connectivity index (χ1n) is 20.3. The second-order valence-corrected chi connectivity index (χ2v) is 16.4. The monoisotopic (exact) mass is 911 g/mol. The number of halogens is 6. The third kappa shape index (κ3) is 8.85. The van der Waals surface area contributed by atoms with Gasteiger partial charge in [0.25, 0.3) is 5.91 Å². The SMILES string of the molecule is COc1ccc(Cn2ncc3nc(-c4ccc(F)c5c4CCN(C(Cc4cnn(C(F)F)c4)C(=O)NC(C)(C)Cn4nc(C(F)(F)F)cc4-c4ccc(=O)n(C)c4)C5=O)c(C#N)cc32)cc1. The average Bonchev–Trinajstić information content (AvgIpc) is 4.03. The van der Waals surface area contributed by atoms with Gasteiger partial charge in [0.2, 0.25) is 11.5 Å². The number of hydrogen-bond donors (Lipinski definition) is 1. The number of amides is 2. The molecule has 0 saturated carbocycles. The molecule has 5 aromatic heterocycles. The number of alkyl halides is 5. The number of hydrogen-bond acceptors (Lipinski definition) is 9. The number of carbonyl (C=O) groups is 2. The minimum absolute atomic E-state index is 0.0131. The smallest absolute Gasteiger partial charge is 0.435 e. The van der Waals surface area contributed by atoms with Crippen LogP contribution >= 0.6 is 0 Å². The van der Waals surface area contributed by atoms with Crippen LogP contribution in [0.5, 0.6) is 5.75 Å². The topological polar surface area (TPSA) is 171 Å². The molecule has 0 spiro atoms. The molecule has 0 fully saturated rings. The molecule has 0 aliphatic carbocycles. The number of rotatable bonds is 13. The Labute approximate surface area is 371 Å². The number of nitrogens with one attached hydrogen (secondary N) is 1. The van der Waals surface area contributed by atoms with E-state index in [1.807, 2.05) is 24.3 Å². The predicted octanol–water partition coefficient (Wildman–Crippen LogP) is 6.54. The molecule has 0 radical (unpaired) electrons. The number of nitrogens with zero attached hydrogens (tertiary/aromatic N) is 10. The van der Waals surface area contributed by atoms with E-state index in [-0.39, 0.29) is 59.6 Å². The molecular formula is C45H39F6N11O4. The van der Waals surface area contributed by atoms with E-state index in [4.69, 9.17) is 9.72 Å². The molecule has 2 aromatic carbocycles. The van der Waals surface area contributed by atoms with Gasteiger partial charge >= 0.3 is 12.7 Å². The summed E-state index contributed by atoms with van der Waals surface area (Å²) in [4.78, 5) is 47.0. The molecule has 1 aliphatic heterocycles. The van der Waals surface area contributed by atoms with Gasteiger partial charge in [0.05, 0.1) is 66.2 Å². The highest BCUT2D eigenvalue weighted by atomic mass is 19.4. The van der Waals surface area contributed by atoms with E-state index in [0.717, 1.165) is 39.7 Å². The van der Waals surface area contributed by atoms with Crippen molar-refractivity contribution in [2.24, 2.45) is 7.05 Å². The highest BCUT2D eigenvalue weighted by Crippen LogP contribution is 2.36. The van der Waals surface area contributed by atoms with Crippen LogP contribution in [-0.4, -0.2) is 80.8 Å². The molecule has 1 atom stereocenters. The summed E-state index contributed by atoms with van der Waals surface area (Å²) in [6.07, 6.45) is -0.263. The molecule has 0 bridgehead atoms. The van der Waals surface area contributed by atoms with E-state index in [9.17, 15) is 41.6 Å². The summed E-state index contributed by atoms with van der Waals surface area (Å²) in [6, 6.07) is 15.5. The molecule has 21 heteroatoms. The zero-order chi connectivity index (χ0) is 47.2. The third-order valence-corrected chi connectivity index (χ3v) is 11.3. The van der Waals surface area contributed by atoms with Gasteiger partial charge in [0, 0.05) is 49.6 Å². The number of fused-ring (bicyclic) bond motifs is 2. The van der Waals surface area contributed by atoms with Crippen LogP contribution in [-0.2, 0) is 43.9 Å². The molecule has 8 rings (SSSR count). The van der Waals surface area contributed by atoms with Crippen LogP contribution in [0.15, 0.2) is 90.2 Å². The van der Waals surface area contributed by atoms with E-state index in [2.05, 4.69) is 26.7 Å². The summed E-state index contributed by atoms with van der Waals surface area (Å²) in [7, 11) is 3.00. The van der Waals surface area contributed by atoms with E-state index in [1.54, 1.807) is 17.9 Å². The van der Waals surface area contributed by atoms with Crippen LogP contribution in [0, 0.1) is 17.1 Å². The maximum absolute atomic E-state index is 16.0. The van der Waals surface area contributed by atoms with Gasteiger partial charge in [-0.1, -0.05) is 12.1 Å². The maximum Gasteiger partial charge on any atom is 0.435 e. The zero-order valence-electron chi connectivity index (χ0n) is 35.6. The minimum Gasteiger partial charge on any atom is -0.497 e. The summed E-state index contributed by atoms with van der Waals surface area (Å²) in [6.45, 7) is -0.184. The fraction of sp³-hybridized carbons (Fsp3) is 0.289. The second kappa shape index (κ2) is 17.3. The average molecular weight is 912 g/mol.